The van der Waals surface area contributed by atoms with Crippen LogP contribution in [0.3, 0.4) is 0 Å². The highest BCUT2D eigenvalue weighted by molar-refractivity contribution is 6.40. The lowest BCUT2D eigenvalue weighted by Crippen LogP contribution is -2.33. The van der Waals surface area contributed by atoms with Crippen molar-refractivity contribution in [2.45, 2.75) is 20.4 Å². The van der Waals surface area contributed by atoms with Crippen LogP contribution in [0.1, 0.15) is 18.1 Å². The van der Waals surface area contributed by atoms with Crippen molar-refractivity contribution >= 4 is 40.5 Å². The van der Waals surface area contributed by atoms with Crippen LogP contribution in [0.15, 0.2) is 36.4 Å². The van der Waals surface area contributed by atoms with Gasteiger partial charge in [0.1, 0.15) is 0 Å². The average Bonchev–Trinajstić information content (AvgIpc) is 2.62. The van der Waals surface area contributed by atoms with Gasteiger partial charge in [0.15, 0.2) is 0 Å². The number of halogens is 2. The molecule has 1 amide bonds. The van der Waals surface area contributed by atoms with Gasteiger partial charge in [0.05, 0.1) is 22.3 Å². The molecule has 2 aromatic carbocycles. The Bertz CT molecular complexity index is 760. The van der Waals surface area contributed by atoms with E-state index in [2.05, 4.69) is 39.4 Å². The summed E-state index contributed by atoms with van der Waals surface area (Å²) in [6.07, 6.45) is 0. The monoisotopic (exact) mass is 393 g/mol. The predicted molar refractivity (Wildman–Crippen MR) is 112 cm³/mol. The molecule has 0 unspecified atom stereocenters. The maximum atomic E-state index is 12.5. The summed E-state index contributed by atoms with van der Waals surface area (Å²) in [5, 5.41) is 3.76. The van der Waals surface area contributed by atoms with Crippen LogP contribution in [0.2, 0.25) is 10.0 Å². The van der Waals surface area contributed by atoms with Crippen LogP contribution in [0, 0.1) is 6.92 Å². The number of hydrogen-bond acceptors (Lipinski definition) is 3. The summed E-state index contributed by atoms with van der Waals surface area (Å²) in [6.45, 7) is 5.65. The highest BCUT2D eigenvalue weighted by atomic mass is 35.5. The first-order valence-corrected chi connectivity index (χ1v) is 9.30. The number of nitrogens with one attached hydrogen (secondary N) is 1. The van der Waals surface area contributed by atoms with Gasteiger partial charge < -0.3 is 10.2 Å². The quantitative estimate of drug-likeness (QED) is 0.731. The third-order valence-corrected chi connectivity index (χ3v) is 5.02. The number of rotatable bonds is 7. The predicted octanol–water partition coefficient (Wildman–Crippen LogP) is 4.83. The molecule has 6 heteroatoms. The van der Waals surface area contributed by atoms with E-state index >= 15 is 0 Å². The zero-order valence-electron chi connectivity index (χ0n) is 15.6. The summed E-state index contributed by atoms with van der Waals surface area (Å²) in [6, 6.07) is 11.9. The Morgan fingerprint density at radius 3 is 2.31 bits per heavy atom. The highest BCUT2D eigenvalue weighted by Gasteiger charge is 2.14. The van der Waals surface area contributed by atoms with Crippen molar-refractivity contribution in [1.29, 1.82) is 0 Å². The molecule has 4 nitrogen and oxygen atoms in total. The maximum absolute atomic E-state index is 12.5. The minimum Gasteiger partial charge on any atom is -0.378 e. The Morgan fingerprint density at radius 2 is 1.73 bits per heavy atom. The third kappa shape index (κ3) is 5.37. The first-order chi connectivity index (χ1) is 12.3. The fraction of sp³-hybridized carbons (Fsp3) is 0.350. The lowest BCUT2D eigenvalue weighted by molar-refractivity contribution is -0.117. The van der Waals surface area contributed by atoms with Crippen molar-refractivity contribution in [2.24, 2.45) is 0 Å². The summed E-state index contributed by atoms with van der Waals surface area (Å²) in [4.78, 5) is 16.6. The van der Waals surface area contributed by atoms with Crippen LogP contribution in [0.5, 0.6) is 0 Å². The van der Waals surface area contributed by atoms with Gasteiger partial charge in [-0.2, -0.15) is 0 Å². The molecule has 0 spiro atoms. The second kappa shape index (κ2) is 9.26. The van der Waals surface area contributed by atoms with Crippen LogP contribution in [-0.4, -0.2) is 38.0 Å². The molecule has 0 atom stereocenters. The van der Waals surface area contributed by atoms with E-state index < -0.39 is 0 Å². The number of carbonyl (C=O) groups excluding carboxylic acids is 1. The summed E-state index contributed by atoms with van der Waals surface area (Å²) in [5.41, 5.74) is 3.67. The normalized spacial score (nSPS) is 10.9. The Labute approximate surface area is 165 Å². The van der Waals surface area contributed by atoms with Crippen molar-refractivity contribution in [3.63, 3.8) is 0 Å². The average molecular weight is 394 g/mol. The number of hydrogen-bond donors (Lipinski definition) is 1. The standard InChI is InChI=1S/C20H25Cl2N3O/c1-5-25(12-15-7-9-16(10-8-15)24(3)4)13-18(26)23-20-17(21)11-6-14(2)19(20)22/h6-11H,5,12-13H2,1-4H3,(H,23,26). The number of nitrogens with zero attached hydrogens (tertiary/aromatic N) is 2. The fourth-order valence-corrected chi connectivity index (χ4v) is 3.06. The van der Waals surface area contributed by atoms with E-state index in [1.807, 2.05) is 34.0 Å². The van der Waals surface area contributed by atoms with Crippen LogP contribution >= 0.6 is 23.2 Å². The number of aryl methyl sites for hydroxylation is 1. The lowest BCUT2D eigenvalue weighted by Gasteiger charge is -2.21. The first-order valence-electron chi connectivity index (χ1n) is 8.55. The molecular weight excluding hydrogens is 369 g/mol. The van der Waals surface area contributed by atoms with Crippen molar-refractivity contribution in [1.82, 2.24) is 4.90 Å². The number of anilines is 2. The van der Waals surface area contributed by atoms with Crippen LogP contribution in [0.4, 0.5) is 11.4 Å². The van der Waals surface area contributed by atoms with E-state index in [0.717, 1.165) is 23.4 Å². The molecule has 0 aliphatic carbocycles. The largest absolute Gasteiger partial charge is 0.378 e. The summed E-state index contributed by atoms with van der Waals surface area (Å²) in [7, 11) is 4.03. The smallest absolute Gasteiger partial charge is 0.238 e. The van der Waals surface area contributed by atoms with E-state index in [1.165, 1.54) is 0 Å². The van der Waals surface area contributed by atoms with Gasteiger partial charge >= 0.3 is 0 Å². The molecule has 0 radical (unpaired) electrons. The minimum atomic E-state index is -0.133. The Hall–Kier alpha value is -1.75. The molecule has 0 aliphatic rings. The Balaban J connectivity index is 2.01. The summed E-state index contributed by atoms with van der Waals surface area (Å²) >= 11 is 12.4. The third-order valence-electron chi connectivity index (χ3n) is 4.22. The van der Waals surface area contributed by atoms with Gasteiger partial charge in [-0.3, -0.25) is 9.69 Å². The minimum absolute atomic E-state index is 0.133. The Kier molecular flexibility index (Phi) is 7.33. The van der Waals surface area contributed by atoms with Gasteiger partial charge in [0, 0.05) is 26.3 Å². The van der Waals surface area contributed by atoms with Gasteiger partial charge in [-0.15, -0.1) is 0 Å². The molecular formula is C20H25Cl2N3O. The van der Waals surface area contributed by atoms with Crippen LogP contribution in [0.25, 0.3) is 0 Å². The fourth-order valence-electron chi connectivity index (χ4n) is 2.59. The molecule has 2 rings (SSSR count). The number of carbonyl (C=O) groups is 1. The zero-order chi connectivity index (χ0) is 19.3. The van der Waals surface area contributed by atoms with E-state index in [-0.39, 0.29) is 12.5 Å². The van der Waals surface area contributed by atoms with Gasteiger partial charge in [-0.1, -0.05) is 48.3 Å². The molecule has 0 aliphatic heterocycles. The van der Waals surface area contributed by atoms with Crippen molar-refractivity contribution < 1.29 is 4.79 Å². The van der Waals surface area contributed by atoms with E-state index in [1.54, 1.807) is 6.07 Å². The number of benzene rings is 2. The Morgan fingerprint density at radius 1 is 1.08 bits per heavy atom. The zero-order valence-corrected chi connectivity index (χ0v) is 17.2. The molecule has 0 aromatic heterocycles. The SMILES string of the molecule is CCN(CC(=O)Nc1c(Cl)ccc(C)c1Cl)Cc1ccc(N(C)C)cc1. The maximum Gasteiger partial charge on any atom is 0.238 e. The van der Waals surface area contributed by atoms with E-state index in [0.29, 0.717) is 22.3 Å². The molecule has 26 heavy (non-hydrogen) atoms. The van der Waals surface area contributed by atoms with Gasteiger partial charge in [0.25, 0.3) is 0 Å². The van der Waals surface area contributed by atoms with E-state index in [9.17, 15) is 4.79 Å². The van der Waals surface area contributed by atoms with Crippen LogP contribution in [-0.2, 0) is 11.3 Å². The number of likely N-dealkylation sites (N-methyl/N-ethyl adjacent to an activating group) is 1. The molecule has 0 saturated heterocycles. The summed E-state index contributed by atoms with van der Waals surface area (Å²) in [5.74, 6) is -0.133. The van der Waals surface area contributed by atoms with Crippen molar-refractivity contribution in [3.05, 3.63) is 57.6 Å². The second-order valence-electron chi connectivity index (χ2n) is 6.47. The van der Waals surface area contributed by atoms with Crippen molar-refractivity contribution in [2.75, 3.05) is 37.4 Å². The molecule has 140 valence electrons. The number of amides is 1. The topological polar surface area (TPSA) is 35.6 Å². The van der Waals surface area contributed by atoms with Gasteiger partial charge in [-0.25, -0.2) is 0 Å². The van der Waals surface area contributed by atoms with Crippen LogP contribution < -0.4 is 10.2 Å². The van der Waals surface area contributed by atoms with E-state index in [4.69, 9.17) is 23.2 Å². The molecule has 0 bridgehead atoms. The highest BCUT2D eigenvalue weighted by Crippen LogP contribution is 2.32. The van der Waals surface area contributed by atoms with Crippen molar-refractivity contribution in [3.8, 4) is 0 Å². The summed E-state index contributed by atoms with van der Waals surface area (Å²) < 4.78 is 0. The molecule has 1 N–H and O–H groups in total. The van der Waals surface area contributed by atoms with Gasteiger partial charge in [-0.05, 0) is 42.8 Å². The molecule has 2 aromatic rings. The second-order valence-corrected chi connectivity index (χ2v) is 7.25. The molecule has 0 heterocycles. The molecule has 0 saturated carbocycles. The molecule has 0 fully saturated rings. The lowest BCUT2D eigenvalue weighted by atomic mass is 10.2. The first kappa shape index (κ1) is 20.6. The van der Waals surface area contributed by atoms with Gasteiger partial charge in [0.2, 0.25) is 5.91 Å².